The number of carbonyl (C=O) groups excluding carboxylic acids is 1. The van der Waals surface area contributed by atoms with E-state index in [4.69, 9.17) is 23.2 Å². The fourth-order valence-electron chi connectivity index (χ4n) is 3.66. The monoisotopic (exact) mass is 472 g/mol. The van der Waals surface area contributed by atoms with Crippen molar-refractivity contribution in [3.63, 3.8) is 0 Å². The van der Waals surface area contributed by atoms with Gasteiger partial charge in [-0.1, -0.05) is 71.7 Å². The van der Waals surface area contributed by atoms with Crippen LogP contribution in [0.15, 0.2) is 84.9 Å². The van der Waals surface area contributed by atoms with Gasteiger partial charge in [0, 0.05) is 21.3 Å². The van der Waals surface area contributed by atoms with Gasteiger partial charge in [0.25, 0.3) is 5.91 Å². The number of halogens is 2. The van der Waals surface area contributed by atoms with Crippen LogP contribution in [0.3, 0.4) is 0 Å². The summed E-state index contributed by atoms with van der Waals surface area (Å²) >= 11 is 12.5. The van der Waals surface area contributed by atoms with Crippen LogP contribution in [0.1, 0.15) is 16.2 Å². The Labute approximate surface area is 200 Å². The molecule has 5 aromatic rings. The summed E-state index contributed by atoms with van der Waals surface area (Å²) in [4.78, 5) is 17.7. The maximum absolute atomic E-state index is 13.1. The maximum atomic E-state index is 13.1. The van der Waals surface area contributed by atoms with Gasteiger partial charge in [-0.05, 0) is 59.7 Å². The molecule has 1 heterocycles. The van der Waals surface area contributed by atoms with Crippen molar-refractivity contribution >= 4 is 45.6 Å². The molecule has 0 spiro atoms. The van der Waals surface area contributed by atoms with Crippen LogP contribution in [0.5, 0.6) is 0 Å². The Hall–Kier alpha value is -3.67. The van der Waals surface area contributed by atoms with E-state index in [1.807, 2.05) is 73.7 Å². The minimum absolute atomic E-state index is 0.0394. The third-order valence-corrected chi connectivity index (χ3v) is 5.77. The van der Waals surface area contributed by atoms with E-state index in [-0.39, 0.29) is 5.82 Å². The van der Waals surface area contributed by atoms with E-state index >= 15 is 0 Å². The Morgan fingerprint density at radius 1 is 0.848 bits per heavy atom. The van der Waals surface area contributed by atoms with Crippen LogP contribution >= 0.6 is 23.2 Å². The number of carbonyl (C=O) groups is 1. The highest BCUT2D eigenvalue weighted by atomic mass is 35.5. The molecule has 7 heteroatoms. The molecule has 0 aliphatic rings. The van der Waals surface area contributed by atoms with Gasteiger partial charge in [0.05, 0.1) is 5.69 Å². The summed E-state index contributed by atoms with van der Waals surface area (Å²) in [5.74, 6) is 0.121. The molecule has 0 fully saturated rings. The van der Waals surface area contributed by atoms with Crippen molar-refractivity contribution in [2.45, 2.75) is 6.92 Å². The summed E-state index contributed by atoms with van der Waals surface area (Å²) in [6.07, 6.45) is 0. The number of hydrogen-bond acceptors (Lipinski definition) is 3. The third kappa shape index (κ3) is 4.33. The van der Waals surface area contributed by atoms with Crippen LogP contribution in [-0.4, -0.2) is 20.7 Å². The van der Waals surface area contributed by atoms with Gasteiger partial charge in [-0.3, -0.25) is 4.79 Å². The topological polar surface area (TPSA) is 59.8 Å². The second-order valence-electron chi connectivity index (χ2n) is 7.63. The van der Waals surface area contributed by atoms with E-state index in [0.29, 0.717) is 21.6 Å². The quantitative estimate of drug-likeness (QED) is 0.307. The van der Waals surface area contributed by atoms with Gasteiger partial charge in [-0.2, -0.15) is 0 Å². The van der Waals surface area contributed by atoms with Crippen molar-refractivity contribution in [2.24, 2.45) is 0 Å². The second kappa shape index (κ2) is 8.70. The molecule has 4 aromatic carbocycles. The van der Waals surface area contributed by atoms with Crippen molar-refractivity contribution in [2.75, 3.05) is 5.32 Å². The van der Waals surface area contributed by atoms with Gasteiger partial charge < -0.3 is 5.32 Å². The van der Waals surface area contributed by atoms with Gasteiger partial charge in [-0.25, -0.2) is 9.67 Å². The van der Waals surface area contributed by atoms with Crippen LogP contribution in [0.25, 0.3) is 27.8 Å². The van der Waals surface area contributed by atoms with Gasteiger partial charge in [0.1, 0.15) is 0 Å². The third-order valence-electron chi connectivity index (χ3n) is 5.30. The molecular weight excluding hydrogens is 455 g/mol. The molecule has 0 unspecified atom stereocenters. The lowest BCUT2D eigenvalue weighted by atomic mass is 10.1. The van der Waals surface area contributed by atoms with Gasteiger partial charge in [-0.15, -0.1) is 5.10 Å². The van der Waals surface area contributed by atoms with Crippen LogP contribution in [0.2, 0.25) is 10.0 Å². The van der Waals surface area contributed by atoms with Crippen LogP contribution in [0, 0.1) is 6.92 Å². The standard InChI is InChI=1S/C26H18Cl2N4O/c1-16-9-11-21(28)15-23(16)32-25(19-7-4-8-20(27)13-19)30-24(31-32)26(33)29-22-12-10-17-5-2-3-6-18(17)14-22/h2-15H,1H3,(H,29,33). The Morgan fingerprint density at radius 2 is 1.64 bits per heavy atom. The van der Waals surface area contributed by atoms with Gasteiger partial charge in [0.15, 0.2) is 5.82 Å². The molecule has 1 aromatic heterocycles. The number of aromatic nitrogens is 3. The fourth-order valence-corrected chi connectivity index (χ4v) is 4.01. The number of fused-ring (bicyclic) bond motifs is 1. The lowest BCUT2D eigenvalue weighted by Gasteiger charge is -2.09. The number of nitrogens with one attached hydrogen (secondary N) is 1. The second-order valence-corrected chi connectivity index (χ2v) is 8.50. The molecule has 33 heavy (non-hydrogen) atoms. The van der Waals surface area contributed by atoms with Crippen LogP contribution in [0.4, 0.5) is 5.69 Å². The fraction of sp³-hybridized carbons (Fsp3) is 0.0385. The average Bonchev–Trinajstić information content (AvgIpc) is 3.26. The summed E-state index contributed by atoms with van der Waals surface area (Å²) in [7, 11) is 0. The summed E-state index contributed by atoms with van der Waals surface area (Å²) in [6, 6.07) is 26.5. The van der Waals surface area contributed by atoms with E-state index in [0.717, 1.165) is 27.6 Å². The van der Waals surface area contributed by atoms with Crippen molar-refractivity contribution < 1.29 is 4.79 Å². The molecule has 0 bridgehead atoms. The molecule has 0 saturated carbocycles. The van der Waals surface area contributed by atoms with Crippen molar-refractivity contribution in [1.82, 2.24) is 14.8 Å². The zero-order valence-corrected chi connectivity index (χ0v) is 19.1. The number of amides is 1. The predicted molar refractivity (Wildman–Crippen MR) is 133 cm³/mol. The van der Waals surface area contributed by atoms with E-state index in [9.17, 15) is 4.79 Å². The van der Waals surface area contributed by atoms with Crippen LogP contribution in [-0.2, 0) is 0 Å². The summed E-state index contributed by atoms with van der Waals surface area (Å²) in [5, 5.41) is 10.7. The highest BCUT2D eigenvalue weighted by molar-refractivity contribution is 6.31. The Morgan fingerprint density at radius 3 is 2.45 bits per heavy atom. The maximum Gasteiger partial charge on any atom is 0.295 e. The molecule has 5 nitrogen and oxygen atoms in total. The SMILES string of the molecule is Cc1ccc(Cl)cc1-n1nc(C(=O)Nc2ccc3ccccc3c2)nc1-c1cccc(Cl)c1. The van der Waals surface area contributed by atoms with Crippen LogP contribution < -0.4 is 5.32 Å². The molecule has 0 saturated heterocycles. The smallest absolute Gasteiger partial charge is 0.295 e. The first-order chi connectivity index (χ1) is 16.0. The highest BCUT2D eigenvalue weighted by Gasteiger charge is 2.20. The number of anilines is 1. The number of nitrogens with zero attached hydrogens (tertiary/aromatic N) is 3. The van der Waals surface area contributed by atoms with E-state index in [2.05, 4.69) is 15.4 Å². The van der Waals surface area contributed by atoms with Gasteiger partial charge in [0.2, 0.25) is 5.82 Å². The van der Waals surface area contributed by atoms with E-state index in [1.54, 1.807) is 22.9 Å². The lowest BCUT2D eigenvalue weighted by Crippen LogP contribution is -2.14. The van der Waals surface area contributed by atoms with E-state index in [1.165, 1.54) is 0 Å². The number of aryl methyl sites for hydroxylation is 1. The Bertz CT molecular complexity index is 1510. The highest BCUT2D eigenvalue weighted by Crippen LogP contribution is 2.27. The molecule has 0 atom stereocenters. The molecule has 162 valence electrons. The largest absolute Gasteiger partial charge is 0.319 e. The zero-order valence-electron chi connectivity index (χ0n) is 17.6. The van der Waals surface area contributed by atoms with Gasteiger partial charge >= 0.3 is 0 Å². The molecular formula is C26H18Cl2N4O. The minimum atomic E-state index is -0.410. The number of hydrogen-bond donors (Lipinski definition) is 1. The Balaban J connectivity index is 1.57. The normalized spacial score (nSPS) is 11.0. The minimum Gasteiger partial charge on any atom is -0.319 e. The van der Waals surface area contributed by atoms with Crippen molar-refractivity contribution in [1.29, 1.82) is 0 Å². The van der Waals surface area contributed by atoms with Crippen molar-refractivity contribution in [3.8, 4) is 17.1 Å². The summed E-state index contributed by atoms with van der Waals surface area (Å²) < 4.78 is 1.63. The summed E-state index contributed by atoms with van der Waals surface area (Å²) in [5.41, 5.74) is 3.07. The first-order valence-electron chi connectivity index (χ1n) is 10.3. The Kier molecular flexibility index (Phi) is 5.58. The first-order valence-corrected chi connectivity index (χ1v) is 11.0. The lowest BCUT2D eigenvalue weighted by molar-refractivity contribution is 0.101. The predicted octanol–water partition coefficient (Wildman–Crippen LogP) is 6.96. The average molecular weight is 473 g/mol. The van der Waals surface area contributed by atoms with E-state index < -0.39 is 5.91 Å². The molecule has 1 N–H and O–H groups in total. The number of benzene rings is 4. The number of rotatable bonds is 4. The van der Waals surface area contributed by atoms with Crippen molar-refractivity contribution in [3.05, 3.63) is 106 Å². The zero-order chi connectivity index (χ0) is 22.9. The molecule has 0 aliphatic carbocycles. The molecule has 0 aliphatic heterocycles. The molecule has 0 radical (unpaired) electrons. The summed E-state index contributed by atoms with van der Waals surface area (Å²) in [6.45, 7) is 1.95. The molecule has 1 amide bonds. The molecule has 5 rings (SSSR count). The first kappa shape index (κ1) is 21.2.